The summed E-state index contributed by atoms with van der Waals surface area (Å²) in [6.07, 6.45) is 0. The summed E-state index contributed by atoms with van der Waals surface area (Å²) < 4.78 is 0. The first kappa shape index (κ1) is 21.2. The van der Waals surface area contributed by atoms with E-state index in [4.69, 9.17) is 0 Å². The minimum atomic E-state index is 1.15. The number of nitrogens with zero attached hydrogens (tertiary/aromatic N) is 1. The first-order valence-corrected chi connectivity index (χ1v) is 12.1. The van der Waals surface area contributed by atoms with Gasteiger partial charge in [-0.15, -0.1) is 0 Å². The Kier molecular flexibility index (Phi) is 5.31. The summed E-state index contributed by atoms with van der Waals surface area (Å²) in [4.78, 5) is 2.42. The van der Waals surface area contributed by atoms with Crippen LogP contribution in [0.2, 0.25) is 0 Å². The van der Waals surface area contributed by atoms with E-state index in [-0.39, 0.29) is 0 Å². The van der Waals surface area contributed by atoms with Gasteiger partial charge in [-0.25, -0.2) is 0 Å². The average molecular weight is 450 g/mol. The highest BCUT2D eigenvalue weighted by molar-refractivity contribution is 6.22. The molecule has 0 atom stereocenters. The van der Waals surface area contributed by atoms with E-state index < -0.39 is 0 Å². The fourth-order valence-electron chi connectivity index (χ4n) is 5.06. The molecule has 0 fully saturated rings. The molecule has 1 heteroatoms. The zero-order valence-electron chi connectivity index (χ0n) is 20.1. The molecule has 0 aliphatic heterocycles. The molecule has 6 aromatic rings. The number of fused-ring (bicyclic) bond motifs is 2. The van der Waals surface area contributed by atoms with Crippen LogP contribution < -0.4 is 4.90 Å². The fraction of sp³-hybridized carbons (Fsp3) is 0.0588. The second-order valence-corrected chi connectivity index (χ2v) is 9.19. The highest BCUT2D eigenvalue weighted by Gasteiger charge is 2.21. The smallest absolute Gasteiger partial charge is 0.0618 e. The second-order valence-electron chi connectivity index (χ2n) is 9.19. The van der Waals surface area contributed by atoms with Gasteiger partial charge in [0, 0.05) is 22.1 Å². The molecule has 0 unspecified atom stereocenters. The van der Waals surface area contributed by atoms with Crippen molar-refractivity contribution >= 4 is 38.6 Å². The van der Waals surface area contributed by atoms with Crippen molar-refractivity contribution in [3.8, 4) is 11.1 Å². The summed E-state index contributed by atoms with van der Waals surface area (Å²) in [5.74, 6) is 0. The van der Waals surface area contributed by atoms with Gasteiger partial charge in [0.25, 0.3) is 0 Å². The highest BCUT2D eigenvalue weighted by atomic mass is 15.1. The topological polar surface area (TPSA) is 3.24 Å². The van der Waals surface area contributed by atoms with E-state index in [1.807, 2.05) is 0 Å². The number of hydrogen-bond donors (Lipinski definition) is 0. The third-order valence-electron chi connectivity index (χ3n) is 6.77. The quantitative estimate of drug-likeness (QED) is 0.242. The van der Waals surface area contributed by atoms with Crippen LogP contribution in [0.1, 0.15) is 11.1 Å². The van der Waals surface area contributed by atoms with Crippen molar-refractivity contribution in [2.45, 2.75) is 13.8 Å². The Hall–Kier alpha value is -4.36. The van der Waals surface area contributed by atoms with Gasteiger partial charge >= 0.3 is 0 Å². The molecule has 0 saturated heterocycles. The number of hydrogen-bond acceptors (Lipinski definition) is 1. The minimum absolute atomic E-state index is 1.15. The van der Waals surface area contributed by atoms with Crippen LogP contribution in [0.5, 0.6) is 0 Å². The Bertz CT molecular complexity index is 1530. The Morgan fingerprint density at radius 3 is 1.26 bits per heavy atom. The standard InChI is InChI=1S/C34H27N/c1-24-16-20-27(21-17-24)35(28-22-18-25(2)19-23-28)34-31-14-8-6-12-29(31)33(26-10-4-3-5-11-26)30-13-7-9-15-32(30)34/h3-23H,1-2H3. The van der Waals surface area contributed by atoms with Gasteiger partial charge in [0.15, 0.2) is 0 Å². The normalized spacial score (nSPS) is 11.1. The molecule has 0 amide bonds. The van der Waals surface area contributed by atoms with Gasteiger partial charge in [0.05, 0.1) is 5.69 Å². The van der Waals surface area contributed by atoms with Crippen molar-refractivity contribution in [3.63, 3.8) is 0 Å². The first-order valence-electron chi connectivity index (χ1n) is 12.1. The zero-order chi connectivity index (χ0) is 23.8. The summed E-state index contributed by atoms with van der Waals surface area (Å²) in [5.41, 5.74) is 8.56. The number of aryl methyl sites for hydroxylation is 2. The Morgan fingerprint density at radius 2 is 0.800 bits per heavy atom. The summed E-state index contributed by atoms with van der Waals surface area (Å²) >= 11 is 0. The molecular formula is C34H27N. The Morgan fingerprint density at radius 1 is 0.400 bits per heavy atom. The monoisotopic (exact) mass is 449 g/mol. The lowest BCUT2D eigenvalue weighted by Crippen LogP contribution is -2.11. The number of benzene rings is 6. The average Bonchev–Trinajstić information content (AvgIpc) is 2.91. The van der Waals surface area contributed by atoms with Crippen LogP contribution >= 0.6 is 0 Å². The lowest BCUT2D eigenvalue weighted by Gasteiger charge is -2.29. The molecule has 0 spiro atoms. The Balaban J connectivity index is 1.76. The molecule has 6 aromatic carbocycles. The summed E-state index contributed by atoms with van der Waals surface area (Å²) in [6, 6.07) is 46.1. The first-order chi connectivity index (χ1) is 17.2. The summed E-state index contributed by atoms with van der Waals surface area (Å²) in [5, 5.41) is 5.01. The molecule has 0 aromatic heterocycles. The van der Waals surface area contributed by atoms with Crippen LogP contribution in [0, 0.1) is 13.8 Å². The van der Waals surface area contributed by atoms with Crippen LogP contribution in [0.3, 0.4) is 0 Å². The molecule has 0 radical (unpaired) electrons. The van der Waals surface area contributed by atoms with Crippen LogP contribution in [-0.4, -0.2) is 0 Å². The van der Waals surface area contributed by atoms with Gasteiger partial charge in [0.2, 0.25) is 0 Å². The molecule has 0 aliphatic carbocycles. The third kappa shape index (κ3) is 3.76. The van der Waals surface area contributed by atoms with Crippen LogP contribution in [-0.2, 0) is 0 Å². The molecule has 0 bridgehead atoms. The molecule has 35 heavy (non-hydrogen) atoms. The maximum absolute atomic E-state index is 2.42. The van der Waals surface area contributed by atoms with Gasteiger partial charge in [-0.2, -0.15) is 0 Å². The lowest BCUT2D eigenvalue weighted by molar-refractivity contribution is 1.29. The van der Waals surface area contributed by atoms with Crippen LogP contribution in [0.25, 0.3) is 32.7 Å². The van der Waals surface area contributed by atoms with Gasteiger partial charge in [-0.3, -0.25) is 0 Å². The third-order valence-corrected chi connectivity index (χ3v) is 6.77. The van der Waals surface area contributed by atoms with Gasteiger partial charge < -0.3 is 4.90 Å². The predicted molar refractivity (Wildman–Crippen MR) is 151 cm³/mol. The van der Waals surface area contributed by atoms with Crippen LogP contribution in [0.15, 0.2) is 127 Å². The Labute approximate surface area is 206 Å². The van der Waals surface area contributed by atoms with Gasteiger partial charge in [0.1, 0.15) is 0 Å². The van der Waals surface area contributed by atoms with Crippen LogP contribution in [0.4, 0.5) is 17.1 Å². The van der Waals surface area contributed by atoms with Crippen molar-refractivity contribution in [1.29, 1.82) is 0 Å². The molecule has 0 saturated carbocycles. The molecular weight excluding hydrogens is 422 g/mol. The molecule has 6 rings (SSSR count). The summed E-state index contributed by atoms with van der Waals surface area (Å²) in [6.45, 7) is 4.28. The van der Waals surface area contributed by atoms with Gasteiger partial charge in [-0.1, -0.05) is 114 Å². The molecule has 0 heterocycles. The minimum Gasteiger partial charge on any atom is -0.309 e. The van der Waals surface area contributed by atoms with Gasteiger partial charge in [-0.05, 0) is 60.0 Å². The zero-order valence-corrected chi connectivity index (χ0v) is 20.1. The van der Waals surface area contributed by atoms with Crippen molar-refractivity contribution in [3.05, 3.63) is 139 Å². The van der Waals surface area contributed by atoms with Crippen molar-refractivity contribution in [1.82, 2.24) is 0 Å². The lowest BCUT2D eigenvalue weighted by atomic mass is 9.90. The van der Waals surface area contributed by atoms with E-state index in [2.05, 4.69) is 146 Å². The number of rotatable bonds is 4. The molecule has 0 aliphatic rings. The van der Waals surface area contributed by atoms with E-state index in [0.29, 0.717) is 0 Å². The maximum Gasteiger partial charge on any atom is 0.0618 e. The van der Waals surface area contributed by atoms with E-state index in [1.165, 1.54) is 49.5 Å². The fourth-order valence-corrected chi connectivity index (χ4v) is 5.06. The van der Waals surface area contributed by atoms with Crippen molar-refractivity contribution in [2.24, 2.45) is 0 Å². The second kappa shape index (κ2) is 8.77. The SMILES string of the molecule is Cc1ccc(N(c2ccc(C)cc2)c2c3ccccc3c(-c3ccccc3)c3ccccc23)cc1. The van der Waals surface area contributed by atoms with Crippen molar-refractivity contribution < 1.29 is 0 Å². The highest BCUT2D eigenvalue weighted by Crippen LogP contribution is 2.47. The molecule has 0 N–H and O–H groups in total. The predicted octanol–water partition coefficient (Wildman–Crippen LogP) is 9.75. The van der Waals surface area contributed by atoms with Crippen molar-refractivity contribution in [2.75, 3.05) is 4.90 Å². The summed E-state index contributed by atoms with van der Waals surface area (Å²) in [7, 11) is 0. The van der Waals surface area contributed by atoms with E-state index >= 15 is 0 Å². The number of anilines is 3. The van der Waals surface area contributed by atoms with E-state index in [1.54, 1.807) is 0 Å². The molecule has 1 nitrogen and oxygen atoms in total. The molecule has 168 valence electrons. The maximum atomic E-state index is 2.42. The van der Waals surface area contributed by atoms with E-state index in [0.717, 1.165) is 11.4 Å². The largest absolute Gasteiger partial charge is 0.309 e. The van der Waals surface area contributed by atoms with E-state index in [9.17, 15) is 0 Å².